The van der Waals surface area contributed by atoms with Crippen LogP contribution < -0.4 is 0 Å². The maximum atomic E-state index is 13.3. The lowest BCUT2D eigenvalue weighted by Gasteiger charge is -2.25. The van der Waals surface area contributed by atoms with Crippen LogP contribution in [-0.2, 0) is 14.6 Å². The fourth-order valence-corrected chi connectivity index (χ4v) is 6.97. The Morgan fingerprint density at radius 1 is 1.17 bits per heavy atom. The van der Waals surface area contributed by atoms with E-state index in [1.54, 1.807) is 19.2 Å². The van der Waals surface area contributed by atoms with Crippen LogP contribution in [0.15, 0.2) is 40.3 Å². The van der Waals surface area contributed by atoms with E-state index >= 15 is 0 Å². The van der Waals surface area contributed by atoms with Crippen molar-refractivity contribution < 1.29 is 13.2 Å². The molecule has 1 saturated carbocycles. The van der Waals surface area contributed by atoms with Crippen molar-refractivity contribution in [3.8, 4) is 0 Å². The summed E-state index contributed by atoms with van der Waals surface area (Å²) in [6, 6.07) is 9.29. The van der Waals surface area contributed by atoms with Crippen LogP contribution in [0.5, 0.6) is 0 Å². The molecule has 29 heavy (non-hydrogen) atoms. The van der Waals surface area contributed by atoms with Gasteiger partial charge in [0.1, 0.15) is 0 Å². The first-order chi connectivity index (χ1) is 13.9. The van der Waals surface area contributed by atoms with E-state index in [1.807, 2.05) is 18.2 Å². The summed E-state index contributed by atoms with van der Waals surface area (Å²) >= 11 is 0. The number of sulfone groups is 1. The fraction of sp³-hybridized carbons (Fsp3) is 0.696. The van der Waals surface area contributed by atoms with Crippen molar-refractivity contribution in [2.24, 2.45) is 16.9 Å². The second kappa shape index (κ2) is 10.1. The summed E-state index contributed by atoms with van der Waals surface area (Å²) in [5.41, 5.74) is 1.16. The second-order valence-corrected chi connectivity index (χ2v) is 11.1. The van der Waals surface area contributed by atoms with Crippen molar-refractivity contribution >= 4 is 15.5 Å². The molecule has 2 aliphatic rings. The highest BCUT2D eigenvalue weighted by atomic mass is 32.2. The lowest BCUT2D eigenvalue weighted by molar-refractivity contribution is 0.117. The van der Waals surface area contributed by atoms with E-state index in [-0.39, 0.29) is 11.2 Å². The maximum absolute atomic E-state index is 13.3. The monoisotopic (exact) mass is 420 g/mol. The van der Waals surface area contributed by atoms with Gasteiger partial charge >= 0.3 is 0 Å². The normalized spacial score (nSPS) is 25.9. The highest BCUT2D eigenvalue weighted by Gasteiger charge is 2.39. The molecule has 0 radical (unpaired) electrons. The average molecular weight is 421 g/mol. The molecule has 5 nitrogen and oxygen atoms in total. The summed E-state index contributed by atoms with van der Waals surface area (Å²) in [7, 11) is -1.55. The first kappa shape index (κ1) is 22.3. The Hall–Kier alpha value is -1.40. The van der Waals surface area contributed by atoms with Crippen LogP contribution in [0.3, 0.4) is 0 Å². The zero-order chi connectivity index (χ0) is 20.9. The molecule has 1 aromatic carbocycles. The van der Waals surface area contributed by atoms with E-state index in [0.29, 0.717) is 23.5 Å². The van der Waals surface area contributed by atoms with E-state index in [9.17, 15) is 8.42 Å². The van der Waals surface area contributed by atoms with Gasteiger partial charge in [0.15, 0.2) is 9.84 Å². The molecule has 0 aromatic heterocycles. The molecule has 3 rings (SSSR count). The Kier molecular flexibility index (Phi) is 7.74. The molecule has 0 amide bonds. The molecular weight excluding hydrogens is 384 g/mol. The van der Waals surface area contributed by atoms with E-state index in [4.69, 9.17) is 9.84 Å². The maximum Gasteiger partial charge on any atom is 0.181 e. The van der Waals surface area contributed by atoms with E-state index < -0.39 is 9.84 Å². The lowest BCUT2D eigenvalue weighted by Crippen LogP contribution is -2.31. The predicted octanol–water partition coefficient (Wildman–Crippen LogP) is 4.53. The molecule has 0 bridgehead atoms. The van der Waals surface area contributed by atoms with Crippen LogP contribution in [0.1, 0.15) is 58.8 Å². The first-order valence-corrected chi connectivity index (χ1v) is 12.6. The summed E-state index contributed by atoms with van der Waals surface area (Å²) < 4.78 is 31.9. The van der Waals surface area contributed by atoms with Gasteiger partial charge in [-0.25, -0.2) is 8.42 Å². The lowest BCUT2D eigenvalue weighted by atomic mass is 9.95. The molecule has 1 heterocycles. The van der Waals surface area contributed by atoms with Crippen LogP contribution in [-0.4, -0.2) is 50.7 Å². The Balaban J connectivity index is 1.78. The summed E-state index contributed by atoms with van der Waals surface area (Å²) in [4.78, 5) is 0.457. The third kappa shape index (κ3) is 5.60. The standard InChI is InChI=1S/C23H36N2O3S/c1-18(2)15-20(24-25-14-8-10-21(25)17-28-3)16-19-9-7-13-23(19)29(26,27)22-11-5-4-6-12-22/h4-6,11-12,18-19,21,23H,7-10,13-17H2,1-3H3/b24-20+/t19-,21+,23+/m1/s1. The minimum Gasteiger partial charge on any atom is -0.382 e. The van der Waals surface area contributed by atoms with Gasteiger partial charge in [0.2, 0.25) is 0 Å². The smallest absolute Gasteiger partial charge is 0.181 e. The van der Waals surface area contributed by atoms with Crippen molar-refractivity contribution in [3.05, 3.63) is 30.3 Å². The molecule has 1 aromatic rings. The van der Waals surface area contributed by atoms with Crippen LogP contribution >= 0.6 is 0 Å². The zero-order valence-corrected chi connectivity index (χ0v) is 18.9. The number of hydrazone groups is 1. The van der Waals surface area contributed by atoms with Crippen molar-refractivity contribution in [3.63, 3.8) is 0 Å². The number of methoxy groups -OCH3 is 1. The molecule has 0 unspecified atom stereocenters. The number of nitrogens with zero attached hydrogens (tertiary/aromatic N) is 2. The van der Waals surface area contributed by atoms with Crippen molar-refractivity contribution in [2.45, 2.75) is 75.0 Å². The predicted molar refractivity (Wildman–Crippen MR) is 118 cm³/mol. The van der Waals surface area contributed by atoms with Crippen molar-refractivity contribution in [1.29, 1.82) is 0 Å². The molecule has 1 saturated heterocycles. The van der Waals surface area contributed by atoms with Crippen LogP contribution in [0.2, 0.25) is 0 Å². The van der Waals surface area contributed by atoms with Gasteiger partial charge in [0.25, 0.3) is 0 Å². The number of hydrogen-bond donors (Lipinski definition) is 0. The Labute approximate surface area is 176 Å². The third-order valence-corrected chi connectivity index (χ3v) is 8.52. The van der Waals surface area contributed by atoms with Crippen LogP contribution in [0.25, 0.3) is 0 Å². The summed E-state index contributed by atoms with van der Waals surface area (Å²) in [5.74, 6) is 0.656. The Bertz CT molecular complexity index is 777. The molecule has 6 heteroatoms. The van der Waals surface area contributed by atoms with Gasteiger partial charge in [-0.2, -0.15) is 5.10 Å². The molecule has 0 spiro atoms. The molecule has 3 atom stereocenters. The van der Waals surface area contributed by atoms with Gasteiger partial charge in [-0.15, -0.1) is 0 Å². The number of hydrogen-bond acceptors (Lipinski definition) is 5. The van der Waals surface area contributed by atoms with E-state index in [2.05, 4.69) is 18.9 Å². The molecule has 1 aliphatic carbocycles. The van der Waals surface area contributed by atoms with Crippen molar-refractivity contribution in [2.75, 3.05) is 20.3 Å². The van der Waals surface area contributed by atoms with Gasteiger partial charge in [-0.05, 0) is 62.5 Å². The van der Waals surface area contributed by atoms with Crippen LogP contribution in [0.4, 0.5) is 0 Å². The van der Waals surface area contributed by atoms with E-state index in [0.717, 1.165) is 57.2 Å². The van der Waals surface area contributed by atoms with Crippen LogP contribution in [0, 0.1) is 11.8 Å². The minimum absolute atomic E-state index is 0.154. The van der Waals surface area contributed by atoms with Crippen molar-refractivity contribution in [1.82, 2.24) is 5.01 Å². The van der Waals surface area contributed by atoms with Gasteiger partial charge in [-0.1, -0.05) is 38.5 Å². The second-order valence-electron chi connectivity index (χ2n) is 8.97. The van der Waals surface area contributed by atoms with Gasteiger partial charge in [-0.3, -0.25) is 5.01 Å². The summed E-state index contributed by atoms with van der Waals surface area (Å²) in [5, 5.41) is 6.94. The third-order valence-electron chi connectivity index (χ3n) is 6.18. The topological polar surface area (TPSA) is 59.0 Å². The SMILES string of the molecule is COC[C@@H]1CCCN1/N=C(\CC(C)C)C[C@H]1CCC[C@@H]1S(=O)(=O)c1ccccc1. The van der Waals surface area contributed by atoms with Gasteiger partial charge in [0.05, 0.1) is 22.8 Å². The molecule has 162 valence electrons. The highest BCUT2D eigenvalue weighted by Crippen LogP contribution is 2.37. The highest BCUT2D eigenvalue weighted by molar-refractivity contribution is 7.92. The number of ether oxygens (including phenoxy) is 1. The summed E-state index contributed by atoms with van der Waals surface area (Å²) in [6.07, 6.45) is 6.66. The Morgan fingerprint density at radius 3 is 2.62 bits per heavy atom. The number of rotatable bonds is 9. The molecule has 2 fully saturated rings. The van der Waals surface area contributed by atoms with Gasteiger partial charge < -0.3 is 4.74 Å². The first-order valence-electron chi connectivity index (χ1n) is 11.0. The molecule has 1 aliphatic heterocycles. The fourth-order valence-electron chi connectivity index (χ4n) is 4.86. The Morgan fingerprint density at radius 2 is 1.93 bits per heavy atom. The van der Waals surface area contributed by atoms with Gasteiger partial charge in [0, 0.05) is 19.4 Å². The quantitative estimate of drug-likeness (QED) is 0.551. The minimum atomic E-state index is -3.30. The molecule has 0 N–H and O–H groups in total. The summed E-state index contributed by atoms with van der Waals surface area (Å²) in [6.45, 7) is 6.08. The zero-order valence-electron chi connectivity index (χ0n) is 18.1. The molecular formula is C23H36N2O3S. The number of benzene rings is 1. The average Bonchev–Trinajstić information content (AvgIpc) is 3.32. The van der Waals surface area contributed by atoms with E-state index in [1.165, 1.54) is 0 Å². The largest absolute Gasteiger partial charge is 0.382 e.